The van der Waals surface area contributed by atoms with E-state index in [1.165, 1.54) is 104 Å². The zero-order valence-corrected chi connectivity index (χ0v) is 41.1. The van der Waals surface area contributed by atoms with Crippen molar-refractivity contribution in [2.45, 2.75) is 19.6 Å². The number of hydrogen-bond acceptors (Lipinski definition) is 6. The van der Waals surface area contributed by atoms with Crippen molar-refractivity contribution in [1.82, 2.24) is 0 Å². The standard InChI is InChI=1S/C66H43BN4S2/c1-5-20-46(21-6-1)68-54-30-13-15-36-62(54)72-65-50(28-17-34-58(65)68)44-38-40-52-60(42-44)70(48-24-9-3-10-25-48)56-32-19-33-57-64(56)67(52)53-41-39-45(43-61(53)71(57)49-26-11-4-12-27-49)51-29-18-35-59-66(51)73-63-37-16-14-31-55(63)69(59)47-22-7-2-8-23-47/h1-43H. The van der Waals surface area contributed by atoms with Gasteiger partial charge in [-0.25, -0.2) is 0 Å². The van der Waals surface area contributed by atoms with Crippen LogP contribution in [0.1, 0.15) is 0 Å². The van der Waals surface area contributed by atoms with Crippen molar-refractivity contribution >= 4 is 115 Å². The van der Waals surface area contributed by atoms with Crippen LogP contribution in [0.3, 0.4) is 0 Å². The fourth-order valence-electron chi connectivity index (χ4n) is 11.7. The summed E-state index contributed by atoms with van der Waals surface area (Å²) in [7, 11) is 0. The molecule has 4 heterocycles. The minimum atomic E-state index is -0.0294. The Kier molecular flexibility index (Phi) is 9.82. The van der Waals surface area contributed by atoms with Crippen molar-refractivity contribution in [3.8, 4) is 22.3 Å². The predicted molar refractivity (Wildman–Crippen MR) is 309 cm³/mol. The first kappa shape index (κ1) is 42.1. The van der Waals surface area contributed by atoms with Crippen LogP contribution in [-0.2, 0) is 0 Å². The Hall–Kier alpha value is -8.62. The second-order valence-electron chi connectivity index (χ2n) is 18.8. The van der Waals surface area contributed by atoms with E-state index < -0.39 is 0 Å². The van der Waals surface area contributed by atoms with Crippen LogP contribution >= 0.6 is 23.5 Å². The van der Waals surface area contributed by atoms with Crippen LogP contribution in [-0.4, -0.2) is 6.71 Å². The van der Waals surface area contributed by atoms with E-state index in [0.717, 1.165) is 22.7 Å². The predicted octanol–water partition coefficient (Wildman–Crippen LogP) is 17.0. The number of anilines is 12. The molecule has 0 saturated carbocycles. The highest BCUT2D eigenvalue weighted by Gasteiger charge is 2.44. The van der Waals surface area contributed by atoms with E-state index in [1.807, 2.05) is 23.5 Å². The molecule has 15 rings (SSSR count). The molecule has 0 aromatic heterocycles. The van der Waals surface area contributed by atoms with E-state index in [1.54, 1.807) is 0 Å². The Morgan fingerprint density at radius 3 is 1.00 bits per heavy atom. The number of benzene rings is 11. The number of hydrogen-bond donors (Lipinski definition) is 0. The Morgan fingerprint density at radius 1 is 0.260 bits per heavy atom. The van der Waals surface area contributed by atoms with Gasteiger partial charge >= 0.3 is 0 Å². The molecule has 0 radical (unpaired) electrons. The van der Waals surface area contributed by atoms with Crippen molar-refractivity contribution < 1.29 is 0 Å². The molecule has 4 aliphatic heterocycles. The molecule has 0 atom stereocenters. The zero-order valence-electron chi connectivity index (χ0n) is 39.5. The van der Waals surface area contributed by atoms with Crippen LogP contribution < -0.4 is 36.0 Å². The molecular formula is C66H43BN4S2. The Bertz CT molecular complexity index is 3710. The van der Waals surface area contributed by atoms with Gasteiger partial charge in [0.1, 0.15) is 0 Å². The van der Waals surface area contributed by atoms with Crippen molar-refractivity contribution in [1.29, 1.82) is 0 Å². The van der Waals surface area contributed by atoms with Crippen LogP contribution in [0, 0.1) is 0 Å². The van der Waals surface area contributed by atoms with Gasteiger partial charge in [-0.15, -0.1) is 0 Å². The molecular weight excluding hydrogens is 924 g/mol. The lowest BCUT2D eigenvalue weighted by molar-refractivity contribution is 1.17. The third-order valence-electron chi connectivity index (χ3n) is 14.8. The molecule has 11 aromatic rings. The average Bonchev–Trinajstić information content (AvgIpc) is 3.48. The van der Waals surface area contributed by atoms with Gasteiger partial charge < -0.3 is 19.6 Å². The largest absolute Gasteiger partial charge is 0.311 e. The fourth-order valence-corrected chi connectivity index (χ4v) is 14.1. The van der Waals surface area contributed by atoms with Crippen molar-refractivity contribution in [3.63, 3.8) is 0 Å². The van der Waals surface area contributed by atoms with E-state index in [0.29, 0.717) is 0 Å². The van der Waals surface area contributed by atoms with Gasteiger partial charge in [-0.2, -0.15) is 0 Å². The first-order chi connectivity index (χ1) is 36.2. The third-order valence-corrected chi connectivity index (χ3v) is 17.2. The molecule has 0 spiro atoms. The van der Waals surface area contributed by atoms with Gasteiger partial charge in [0.05, 0.1) is 22.7 Å². The molecule has 0 aliphatic carbocycles. The monoisotopic (exact) mass is 966 g/mol. The van der Waals surface area contributed by atoms with E-state index in [2.05, 4.69) is 280 Å². The molecule has 342 valence electrons. The van der Waals surface area contributed by atoms with E-state index >= 15 is 0 Å². The van der Waals surface area contributed by atoms with Gasteiger partial charge in [0.25, 0.3) is 6.71 Å². The second kappa shape index (κ2) is 17.0. The van der Waals surface area contributed by atoms with Crippen molar-refractivity contribution in [2.75, 3.05) is 19.6 Å². The van der Waals surface area contributed by atoms with Crippen LogP contribution in [0.15, 0.2) is 280 Å². The SMILES string of the molecule is c1ccc(N2c3ccccc3Sc3c(-c4ccc5c(c4)N(c4ccccc4)c4cccc6c4B5c4ccc(-c5cccc7c5Sc5ccccc5N7c5ccccc5)cc4N6c4ccccc4)cccc32)cc1. The quantitative estimate of drug-likeness (QED) is 0.153. The third kappa shape index (κ3) is 6.66. The van der Waals surface area contributed by atoms with E-state index in [9.17, 15) is 0 Å². The summed E-state index contributed by atoms with van der Waals surface area (Å²) in [6.45, 7) is -0.0294. The van der Waals surface area contributed by atoms with Gasteiger partial charge in [-0.3, -0.25) is 0 Å². The lowest BCUT2D eigenvalue weighted by Gasteiger charge is -2.44. The van der Waals surface area contributed by atoms with Gasteiger partial charge in [0.15, 0.2) is 0 Å². The van der Waals surface area contributed by atoms with E-state index in [-0.39, 0.29) is 6.71 Å². The summed E-state index contributed by atoms with van der Waals surface area (Å²) in [5.41, 5.74) is 22.8. The Morgan fingerprint density at radius 2 is 0.589 bits per heavy atom. The number of fused-ring (bicyclic) bond motifs is 8. The first-order valence-electron chi connectivity index (χ1n) is 24.9. The van der Waals surface area contributed by atoms with Crippen LogP contribution in [0.5, 0.6) is 0 Å². The Labute approximate surface area is 434 Å². The zero-order chi connectivity index (χ0) is 48.0. The summed E-state index contributed by atoms with van der Waals surface area (Å²) in [6, 6.07) is 96.0. The summed E-state index contributed by atoms with van der Waals surface area (Å²) in [4.78, 5) is 14.8. The molecule has 7 heteroatoms. The van der Waals surface area contributed by atoms with Gasteiger partial charge in [0.2, 0.25) is 0 Å². The highest BCUT2D eigenvalue weighted by Crippen LogP contribution is 2.57. The molecule has 0 amide bonds. The maximum atomic E-state index is 2.51. The summed E-state index contributed by atoms with van der Waals surface area (Å²) < 4.78 is 0. The normalized spacial score (nSPS) is 13.5. The summed E-state index contributed by atoms with van der Waals surface area (Å²) in [5, 5.41) is 0. The average molecular weight is 967 g/mol. The van der Waals surface area contributed by atoms with Gasteiger partial charge in [0, 0.05) is 65.1 Å². The molecule has 0 fully saturated rings. The highest BCUT2D eigenvalue weighted by atomic mass is 32.2. The minimum Gasteiger partial charge on any atom is -0.311 e. The highest BCUT2D eigenvalue weighted by molar-refractivity contribution is 8.00. The molecule has 4 nitrogen and oxygen atoms in total. The summed E-state index contributed by atoms with van der Waals surface area (Å²) in [5.74, 6) is 0. The van der Waals surface area contributed by atoms with Crippen LogP contribution in [0.2, 0.25) is 0 Å². The Balaban J connectivity index is 0.928. The fraction of sp³-hybridized carbons (Fsp3) is 0. The summed E-state index contributed by atoms with van der Waals surface area (Å²) in [6.07, 6.45) is 0. The number of para-hydroxylation sites is 6. The number of nitrogens with zero attached hydrogens (tertiary/aromatic N) is 4. The lowest BCUT2D eigenvalue weighted by atomic mass is 9.33. The molecule has 0 unspecified atom stereocenters. The maximum absolute atomic E-state index is 2.51. The topological polar surface area (TPSA) is 13.0 Å². The minimum absolute atomic E-state index is 0.0294. The summed E-state index contributed by atoms with van der Waals surface area (Å²) >= 11 is 3.74. The van der Waals surface area contributed by atoms with E-state index in [4.69, 9.17) is 0 Å². The lowest BCUT2D eigenvalue weighted by Crippen LogP contribution is -2.61. The van der Waals surface area contributed by atoms with Gasteiger partial charge in [-0.05, 0) is 148 Å². The van der Waals surface area contributed by atoms with Crippen LogP contribution in [0.4, 0.5) is 68.2 Å². The van der Waals surface area contributed by atoms with Gasteiger partial charge in [-0.1, -0.05) is 175 Å². The molecule has 73 heavy (non-hydrogen) atoms. The second-order valence-corrected chi connectivity index (χ2v) is 20.9. The van der Waals surface area contributed by atoms with Crippen molar-refractivity contribution in [3.05, 3.63) is 261 Å². The first-order valence-corrected chi connectivity index (χ1v) is 26.5. The molecule has 11 aromatic carbocycles. The van der Waals surface area contributed by atoms with Crippen LogP contribution in [0.25, 0.3) is 22.3 Å². The molecule has 0 bridgehead atoms. The molecule has 4 aliphatic rings. The molecule has 0 saturated heterocycles. The number of rotatable bonds is 6. The van der Waals surface area contributed by atoms with Crippen molar-refractivity contribution in [2.24, 2.45) is 0 Å². The molecule has 0 N–H and O–H groups in total. The maximum Gasteiger partial charge on any atom is 0.252 e. The smallest absolute Gasteiger partial charge is 0.252 e.